The molecule has 0 atom stereocenters. The molecule has 1 heterocycles. The predicted molar refractivity (Wildman–Crippen MR) is 44.0 cm³/mol. The lowest BCUT2D eigenvalue weighted by molar-refractivity contribution is -0.289. The number of aromatic nitrogens is 1. The zero-order chi connectivity index (χ0) is 7.61. The Morgan fingerprint density at radius 1 is 1.50 bits per heavy atom. The summed E-state index contributed by atoms with van der Waals surface area (Å²) < 4.78 is 3.09. The highest BCUT2D eigenvalue weighted by molar-refractivity contribution is 7.01. The standard InChI is InChI=1S/C8H13NS/c1-8(2,3)6-7-4-5-9-10-7/h4-5H,6H2,1-3H3/p+1. The Labute approximate surface area is 66.3 Å². The fourth-order valence-corrected chi connectivity index (χ4v) is 1.82. The summed E-state index contributed by atoms with van der Waals surface area (Å²) in [5.74, 6) is 0. The van der Waals surface area contributed by atoms with Crippen LogP contribution >= 0.6 is 11.5 Å². The van der Waals surface area contributed by atoms with Crippen molar-refractivity contribution in [2.45, 2.75) is 27.2 Å². The maximum Gasteiger partial charge on any atom is 0.182 e. The normalized spacial score (nSPS) is 11.9. The van der Waals surface area contributed by atoms with Crippen molar-refractivity contribution in [1.29, 1.82) is 0 Å². The summed E-state index contributed by atoms with van der Waals surface area (Å²) in [6.07, 6.45) is 3.16. The highest BCUT2D eigenvalue weighted by Gasteiger charge is 2.13. The average Bonchev–Trinajstić information content (AvgIpc) is 2.12. The summed E-state index contributed by atoms with van der Waals surface area (Å²) in [6, 6.07) is 2.15. The number of rotatable bonds is 1. The summed E-state index contributed by atoms with van der Waals surface area (Å²) in [7, 11) is 0. The molecule has 1 rings (SSSR count). The molecule has 0 aliphatic carbocycles. The molecule has 0 aliphatic heterocycles. The van der Waals surface area contributed by atoms with Gasteiger partial charge < -0.3 is 0 Å². The number of hydrogen-bond acceptors (Lipinski definition) is 1. The van der Waals surface area contributed by atoms with Gasteiger partial charge in [-0.3, -0.25) is 0 Å². The molecule has 1 N–H and O–H groups in total. The Morgan fingerprint density at radius 2 is 2.20 bits per heavy atom. The second-order valence-corrected chi connectivity index (χ2v) is 4.72. The zero-order valence-corrected chi connectivity index (χ0v) is 7.59. The average molecular weight is 156 g/mol. The van der Waals surface area contributed by atoms with E-state index in [1.807, 2.05) is 6.20 Å². The summed E-state index contributed by atoms with van der Waals surface area (Å²) >= 11 is 1.72. The van der Waals surface area contributed by atoms with E-state index < -0.39 is 0 Å². The lowest BCUT2D eigenvalue weighted by Gasteiger charge is -2.14. The Kier molecular flexibility index (Phi) is 2.09. The van der Waals surface area contributed by atoms with Gasteiger partial charge in [0.15, 0.2) is 6.20 Å². The first kappa shape index (κ1) is 7.73. The van der Waals surface area contributed by atoms with Crippen LogP contribution in [-0.4, -0.2) is 0 Å². The number of nitrogens with one attached hydrogen (secondary N) is 1. The van der Waals surface area contributed by atoms with Gasteiger partial charge in [-0.25, -0.2) is 0 Å². The first-order valence-corrected chi connectivity index (χ1v) is 4.34. The molecule has 1 aromatic heterocycles. The maximum absolute atomic E-state index is 3.09. The molecule has 1 aromatic rings. The van der Waals surface area contributed by atoms with E-state index >= 15 is 0 Å². The van der Waals surface area contributed by atoms with E-state index in [9.17, 15) is 0 Å². The number of hydrogen-bond donors (Lipinski definition) is 0. The van der Waals surface area contributed by atoms with Crippen LogP contribution in [0.5, 0.6) is 0 Å². The van der Waals surface area contributed by atoms with E-state index in [4.69, 9.17) is 0 Å². The van der Waals surface area contributed by atoms with E-state index in [2.05, 4.69) is 31.2 Å². The highest BCUT2D eigenvalue weighted by atomic mass is 32.1. The van der Waals surface area contributed by atoms with Crippen molar-refractivity contribution in [1.82, 2.24) is 0 Å². The third-order valence-corrected chi connectivity index (χ3v) is 2.03. The fourth-order valence-electron chi connectivity index (χ4n) is 0.888. The lowest BCUT2D eigenvalue weighted by Crippen LogP contribution is -2.07. The molecule has 0 unspecified atom stereocenters. The van der Waals surface area contributed by atoms with Crippen molar-refractivity contribution in [2.24, 2.45) is 5.41 Å². The molecule has 1 nitrogen and oxygen atoms in total. The molecule has 0 aliphatic rings. The minimum absolute atomic E-state index is 0.415. The zero-order valence-electron chi connectivity index (χ0n) is 6.77. The van der Waals surface area contributed by atoms with E-state index in [0.29, 0.717) is 5.41 Å². The predicted octanol–water partition coefficient (Wildman–Crippen LogP) is 2.15. The second kappa shape index (κ2) is 2.70. The molecule has 0 amide bonds. The smallest absolute Gasteiger partial charge is 0.155 e. The minimum atomic E-state index is 0.415. The van der Waals surface area contributed by atoms with Crippen molar-refractivity contribution >= 4 is 11.5 Å². The van der Waals surface area contributed by atoms with Gasteiger partial charge in [0.1, 0.15) is 11.5 Å². The van der Waals surface area contributed by atoms with Gasteiger partial charge in [-0.1, -0.05) is 20.8 Å². The summed E-state index contributed by atoms with van der Waals surface area (Å²) in [4.78, 5) is 1.44. The first-order chi connectivity index (χ1) is 4.58. The molecule has 0 spiro atoms. The van der Waals surface area contributed by atoms with E-state index in [1.54, 1.807) is 11.5 Å². The molecule has 0 bridgehead atoms. The van der Waals surface area contributed by atoms with Crippen LogP contribution in [0.1, 0.15) is 25.6 Å². The molecule has 56 valence electrons. The van der Waals surface area contributed by atoms with Crippen LogP contribution < -0.4 is 4.37 Å². The van der Waals surface area contributed by atoms with Gasteiger partial charge in [-0.15, -0.1) is 0 Å². The summed E-state index contributed by atoms with van der Waals surface area (Å²) in [5.41, 5.74) is 0.415. The third kappa shape index (κ3) is 2.48. The molecule has 0 radical (unpaired) electrons. The minimum Gasteiger partial charge on any atom is -0.155 e. The Balaban J connectivity index is 2.57. The van der Waals surface area contributed by atoms with Crippen LogP contribution in [0.3, 0.4) is 0 Å². The fraction of sp³-hybridized carbons (Fsp3) is 0.625. The second-order valence-electron chi connectivity index (χ2n) is 3.76. The third-order valence-electron chi connectivity index (χ3n) is 1.23. The van der Waals surface area contributed by atoms with Gasteiger partial charge in [-0.05, 0) is 11.8 Å². The van der Waals surface area contributed by atoms with Crippen LogP contribution in [0.25, 0.3) is 0 Å². The van der Waals surface area contributed by atoms with E-state index in [-0.39, 0.29) is 0 Å². The molecular weight excluding hydrogens is 142 g/mol. The van der Waals surface area contributed by atoms with Crippen LogP contribution in [0, 0.1) is 5.41 Å². The van der Waals surface area contributed by atoms with Crippen molar-refractivity contribution < 1.29 is 4.37 Å². The van der Waals surface area contributed by atoms with Crippen LogP contribution in [-0.2, 0) is 6.42 Å². The molecule has 10 heavy (non-hydrogen) atoms. The van der Waals surface area contributed by atoms with Gasteiger partial charge >= 0.3 is 0 Å². The summed E-state index contributed by atoms with van der Waals surface area (Å²) in [5, 5.41) is 0. The van der Waals surface area contributed by atoms with Gasteiger partial charge in [0, 0.05) is 6.07 Å². The Bertz CT molecular complexity index is 184. The van der Waals surface area contributed by atoms with Crippen LogP contribution in [0.4, 0.5) is 0 Å². The maximum atomic E-state index is 3.09. The highest BCUT2D eigenvalue weighted by Crippen LogP contribution is 2.20. The van der Waals surface area contributed by atoms with Crippen molar-refractivity contribution in [3.05, 3.63) is 17.1 Å². The van der Waals surface area contributed by atoms with Gasteiger partial charge in [0.25, 0.3) is 0 Å². The Morgan fingerprint density at radius 3 is 2.60 bits per heavy atom. The molecular formula is C8H14NS+. The van der Waals surface area contributed by atoms with Crippen LogP contribution in [0.2, 0.25) is 0 Å². The van der Waals surface area contributed by atoms with E-state index in [0.717, 1.165) is 0 Å². The van der Waals surface area contributed by atoms with E-state index in [1.165, 1.54) is 11.3 Å². The van der Waals surface area contributed by atoms with Crippen molar-refractivity contribution in [3.63, 3.8) is 0 Å². The Hall–Kier alpha value is -0.370. The van der Waals surface area contributed by atoms with Crippen LogP contribution in [0.15, 0.2) is 12.3 Å². The van der Waals surface area contributed by atoms with Crippen molar-refractivity contribution in [2.75, 3.05) is 0 Å². The van der Waals surface area contributed by atoms with Gasteiger partial charge in [0.05, 0.1) is 4.88 Å². The number of aromatic amines is 1. The lowest BCUT2D eigenvalue weighted by atomic mass is 9.92. The molecule has 0 fully saturated rings. The van der Waals surface area contributed by atoms with Gasteiger partial charge in [-0.2, -0.15) is 4.37 Å². The van der Waals surface area contributed by atoms with Crippen molar-refractivity contribution in [3.8, 4) is 0 Å². The largest absolute Gasteiger partial charge is 0.182 e. The molecule has 2 heteroatoms. The quantitative estimate of drug-likeness (QED) is 0.591. The topological polar surface area (TPSA) is 14.1 Å². The molecule has 0 aromatic carbocycles. The molecule has 0 saturated heterocycles. The monoisotopic (exact) mass is 156 g/mol. The first-order valence-electron chi connectivity index (χ1n) is 3.53. The summed E-state index contributed by atoms with van der Waals surface area (Å²) in [6.45, 7) is 6.77. The number of H-pyrrole nitrogens is 1. The molecule has 0 saturated carbocycles. The van der Waals surface area contributed by atoms with Gasteiger partial charge in [0.2, 0.25) is 0 Å². The SMILES string of the molecule is CC(C)(C)Cc1cc[nH+]s1.